The fourth-order valence-electron chi connectivity index (χ4n) is 1.39. The number of nitrogens with zero attached hydrogens (tertiary/aromatic N) is 3. The highest BCUT2D eigenvalue weighted by Crippen LogP contribution is 2.24. The molecule has 0 aromatic carbocycles. The first-order valence-electron chi connectivity index (χ1n) is 5.53. The van der Waals surface area contributed by atoms with Gasteiger partial charge in [0, 0.05) is 6.04 Å². The summed E-state index contributed by atoms with van der Waals surface area (Å²) >= 11 is 0. The monoisotopic (exact) mass is 248 g/mol. The second-order valence-corrected chi connectivity index (χ2v) is 5.06. The van der Waals surface area contributed by atoms with Gasteiger partial charge in [-0.3, -0.25) is 4.79 Å². The standard InChI is InChI=1S/C12H16N4O2/c1-12(2,3)9(4-11(17)18)16-10-7-14-8(5-13)6-15-10/h6-7,9H,4H2,1-3H3,(H,15,16)(H,17,18). The highest BCUT2D eigenvalue weighted by Gasteiger charge is 2.27. The number of carboxylic acids is 1. The van der Waals surface area contributed by atoms with Crippen LogP contribution in [0.25, 0.3) is 0 Å². The highest BCUT2D eigenvalue weighted by atomic mass is 16.4. The Balaban J connectivity index is 2.83. The summed E-state index contributed by atoms with van der Waals surface area (Å²) in [4.78, 5) is 18.7. The van der Waals surface area contributed by atoms with E-state index in [-0.39, 0.29) is 23.6 Å². The van der Waals surface area contributed by atoms with E-state index in [9.17, 15) is 4.79 Å². The van der Waals surface area contributed by atoms with Crippen molar-refractivity contribution >= 4 is 11.8 Å². The molecule has 1 aromatic rings. The number of carbonyl (C=O) groups is 1. The average Bonchev–Trinajstić information content (AvgIpc) is 2.27. The summed E-state index contributed by atoms with van der Waals surface area (Å²) in [7, 11) is 0. The molecule has 1 unspecified atom stereocenters. The molecule has 0 aliphatic rings. The van der Waals surface area contributed by atoms with Crippen molar-refractivity contribution in [1.82, 2.24) is 9.97 Å². The van der Waals surface area contributed by atoms with Gasteiger partial charge in [-0.05, 0) is 5.41 Å². The number of aromatic nitrogens is 2. The molecule has 0 aliphatic heterocycles. The molecule has 1 rings (SSSR count). The zero-order valence-corrected chi connectivity index (χ0v) is 10.6. The highest BCUT2D eigenvalue weighted by molar-refractivity contribution is 5.68. The second kappa shape index (κ2) is 5.45. The molecule has 0 amide bonds. The molecule has 0 radical (unpaired) electrons. The maximum atomic E-state index is 10.8. The first-order chi connectivity index (χ1) is 8.32. The van der Waals surface area contributed by atoms with Crippen LogP contribution in [0, 0.1) is 16.7 Å². The minimum absolute atomic E-state index is 0.00875. The van der Waals surface area contributed by atoms with Crippen molar-refractivity contribution in [2.75, 3.05) is 5.32 Å². The number of carboxylic acid groups (broad SMARTS) is 1. The lowest BCUT2D eigenvalue weighted by molar-refractivity contribution is -0.137. The first kappa shape index (κ1) is 13.9. The fourth-order valence-corrected chi connectivity index (χ4v) is 1.39. The second-order valence-electron chi connectivity index (χ2n) is 5.06. The fraction of sp³-hybridized carbons (Fsp3) is 0.500. The maximum absolute atomic E-state index is 10.8. The summed E-state index contributed by atoms with van der Waals surface area (Å²) in [5, 5.41) is 20.5. The quantitative estimate of drug-likeness (QED) is 0.840. The molecule has 6 nitrogen and oxygen atoms in total. The van der Waals surface area contributed by atoms with Crippen LogP contribution >= 0.6 is 0 Å². The van der Waals surface area contributed by atoms with Crippen LogP contribution in [0.15, 0.2) is 12.4 Å². The molecule has 96 valence electrons. The molecule has 6 heteroatoms. The van der Waals surface area contributed by atoms with Crippen LogP contribution in [0.5, 0.6) is 0 Å². The third-order valence-corrected chi connectivity index (χ3v) is 2.51. The van der Waals surface area contributed by atoms with E-state index in [1.54, 1.807) is 0 Å². The van der Waals surface area contributed by atoms with Crippen LogP contribution in [0.4, 0.5) is 5.82 Å². The summed E-state index contributed by atoms with van der Waals surface area (Å²) in [5.41, 5.74) is -0.000340. The van der Waals surface area contributed by atoms with E-state index in [2.05, 4.69) is 15.3 Å². The topological polar surface area (TPSA) is 98.9 Å². The van der Waals surface area contributed by atoms with E-state index in [1.165, 1.54) is 12.4 Å². The maximum Gasteiger partial charge on any atom is 0.305 e. The van der Waals surface area contributed by atoms with Crippen molar-refractivity contribution in [2.45, 2.75) is 33.2 Å². The van der Waals surface area contributed by atoms with Crippen molar-refractivity contribution in [3.8, 4) is 6.07 Å². The molecule has 1 aromatic heterocycles. The van der Waals surface area contributed by atoms with Crippen LogP contribution in [0.2, 0.25) is 0 Å². The smallest absolute Gasteiger partial charge is 0.305 e. The number of rotatable bonds is 4. The van der Waals surface area contributed by atoms with Gasteiger partial charge in [-0.2, -0.15) is 5.26 Å². The molecule has 0 spiro atoms. The Labute approximate surface area is 106 Å². The van der Waals surface area contributed by atoms with Crippen LogP contribution in [0.1, 0.15) is 32.9 Å². The number of nitrogens with one attached hydrogen (secondary N) is 1. The number of anilines is 1. The largest absolute Gasteiger partial charge is 0.481 e. The predicted molar refractivity (Wildman–Crippen MR) is 65.9 cm³/mol. The minimum atomic E-state index is -0.871. The third-order valence-electron chi connectivity index (χ3n) is 2.51. The van der Waals surface area contributed by atoms with Crippen molar-refractivity contribution in [3.05, 3.63) is 18.1 Å². The molecule has 2 N–H and O–H groups in total. The average molecular weight is 248 g/mol. The Morgan fingerprint density at radius 2 is 2.17 bits per heavy atom. The Morgan fingerprint density at radius 3 is 2.56 bits per heavy atom. The van der Waals surface area contributed by atoms with Crippen LogP contribution in [-0.4, -0.2) is 27.1 Å². The molecular formula is C12H16N4O2. The zero-order valence-electron chi connectivity index (χ0n) is 10.6. The van der Waals surface area contributed by atoms with Crippen molar-refractivity contribution in [3.63, 3.8) is 0 Å². The molecule has 0 saturated heterocycles. The van der Waals surface area contributed by atoms with Gasteiger partial charge in [-0.1, -0.05) is 20.8 Å². The normalized spacial score (nSPS) is 12.6. The summed E-state index contributed by atoms with van der Waals surface area (Å²) in [5.74, 6) is -0.404. The summed E-state index contributed by atoms with van der Waals surface area (Å²) in [6.07, 6.45) is 2.77. The van der Waals surface area contributed by atoms with E-state index in [0.717, 1.165) is 0 Å². The van der Waals surface area contributed by atoms with E-state index < -0.39 is 5.97 Å². The van der Waals surface area contributed by atoms with Gasteiger partial charge >= 0.3 is 5.97 Å². The molecule has 0 fully saturated rings. The van der Waals surface area contributed by atoms with Gasteiger partial charge in [0.15, 0.2) is 5.69 Å². The van der Waals surface area contributed by atoms with Gasteiger partial charge < -0.3 is 10.4 Å². The number of nitriles is 1. The third kappa shape index (κ3) is 4.01. The molecule has 18 heavy (non-hydrogen) atoms. The predicted octanol–water partition coefficient (Wildman–Crippen LogP) is 1.65. The SMILES string of the molecule is CC(C)(C)C(CC(=O)O)Nc1cnc(C#N)cn1. The lowest BCUT2D eigenvalue weighted by Gasteiger charge is -2.30. The number of aliphatic carboxylic acids is 1. The Hall–Kier alpha value is -2.16. The Bertz CT molecular complexity index is 456. The van der Waals surface area contributed by atoms with Crippen molar-refractivity contribution in [1.29, 1.82) is 5.26 Å². The molecule has 1 atom stereocenters. The lowest BCUT2D eigenvalue weighted by Crippen LogP contribution is -2.36. The van der Waals surface area contributed by atoms with Gasteiger partial charge in [0.25, 0.3) is 0 Å². The number of hydrogen-bond acceptors (Lipinski definition) is 5. The van der Waals surface area contributed by atoms with E-state index in [4.69, 9.17) is 10.4 Å². The Morgan fingerprint density at radius 1 is 1.50 bits per heavy atom. The van der Waals surface area contributed by atoms with Crippen molar-refractivity contribution < 1.29 is 9.90 Å². The Kier molecular flexibility index (Phi) is 4.21. The summed E-state index contributed by atoms with van der Waals surface area (Å²) in [6, 6.07) is 1.61. The molecule has 1 heterocycles. The summed E-state index contributed by atoms with van der Waals surface area (Å²) < 4.78 is 0. The van der Waals surface area contributed by atoms with Gasteiger partial charge in [0.05, 0.1) is 18.8 Å². The molecule has 0 aliphatic carbocycles. The summed E-state index contributed by atoms with van der Waals surface area (Å²) in [6.45, 7) is 5.85. The lowest BCUT2D eigenvalue weighted by atomic mass is 9.85. The molecule has 0 bridgehead atoms. The van der Waals surface area contributed by atoms with Crippen LogP contribution in [0.3, 0.4) is 0 Å². The first-order valence-corrected chi connectivity index (χ1v) is 5.53. The van der Waals surface area contributed by atoms with Crippen LogP contribution < -0.4 is 5.32 Å². The van der Waals surface area contributed by atoms with Gasteiger partial charge in [-0.15, -0.1) is 0 Å². The molecule has 0 saturated carbocycles. The molecular weight excluding hydrogens is 232 g/mol. The zero-order chi connectivity index (χ0) is 13.8. The van der Waals surface area contributed by atoms with E-state index >= 15 is 0 Å². The van der Waals surface area contributed by atoms with Gasteiger partial charge in [0.2, 0.25) is 0 Å². The number of hydrogen-bond donors (Lipinski definition) is 2. The van der Waals surface area contributed by atoms with Crippen molar-refractivity contribution in [2.24, 2.45) is 5.41 Å². The van der Waals surface area contributed by atoms with E-state index in [1.807, 2.05) is 26.8 Å². The van der Waals surface area contributed by atoms with Crippen LogP contribution in [-0.2, 0) is 4.79 Å². The van der Waals surface area contributed by atoms with E-state index in [0.29, 0.717) is 5.82 Å². The minimum Gasteiger partial charge on any atom is -0.481 e. The van der Waals surface area contributed by atoms with Gasteiger partial charge in [0.1, 0.15) is 11.9 Å². The van der Waals surface area contributed by atoms with Gasteiger partial charge in [-0.25, -0.2) is 9.97 Å².